The number of amides is 1. The van der Waals surface area contributed by atoms with Crippen LogP contribution in [0, 0.1) is 0 Å². The molecular weight excluding hydrogens is 336 g/mol. The molecule has 5 heteroatoms. The van der Waals surface area contributed by atoms with E-state index in [0.29, 0.717) is 11.5 Å². The van der Waals surface area contributed by atoms with Crippen LogP contribution in [0.4, 0.5) is 5.82 Å². The Kier molecular flexibility index (Phi) is 5.66. The van der Waals surface area contributed by atoms with Crippen molar-refractivity contribution in [1.82, 2.24) is 15.3 Å². The van der Waals surface area contributed by atoms with E-state index < -0.39 is 0 Å². The van der Waals surface area contributed by atoms with Crippen LogP contribution in [0.2, 0.25) is 0 Å². The van der Waals surface area contributed by atoms with Gasteiger partial charge < -0.3 is 10.2 Å². The summed E-state index contributed by atoms with van der Waals surface area (Å²) in [6.45, 7) is 1.99. The highest BCUT2D eigenvalue weighted by Gasteiger charge is 2.21. The van der Waals surface area contributed by atoms with E-state index in [1.54, 1.807) is 0 Å². The maximum absolute atomic E-state index is 12.9. The molecule has 0 spiro atoms. The minimum absolute atomic E-state index is 0.0717. The molecule has 1 aliphatic carbocycles. The Hall–Kier alpha value is -2.43. The molecule has 1 saturated heterocycles. The first kappa shape index (κ1) is 18.0. The molecule has 5 nitrogen and oxygen atoms in total. The standard InChI is InChI=1S/C22H28N4O/c27-22(23-18-12-6-7-13-18)19-16-20(26-14-8-1-2-9-15-26)25-21(24-19)17-10-4-3-5-11-17/h3-5,10-11,16,18H,1-2,6-9,12-15H2,(H,23,27). The highest BCUT2D eigenvalue weighted by atomic mass is 16.1. The second-order valence-corrected chi connectivity index (χ2v) is 7.66. The molecule has 1 aromatic heterocycles. The van der Waals surface area contributed by atoms with Gasteiger partial charge in [0.1, 0.15) is 11.5 Å². The molecule has 0 bridgehead atoms. The smallest absolute Gasteiger partial charge is 0.270 e. The van der Waals surface area contributed by atoms with Crippen LogP contribution in [0.25, 0.3) is 11.4 Å². The van der Waals surface area contributed by atoms with Gasteiger partial charge in [-0.2, -0.15) is 0 Å². The van der Waals surface area contributed by atoms with E-state index in [0.717, 1.165) is 37.3 Å². The highest BCUT2D eigenvalue weighted by Crippen LogP contribution is 2.23. The molecule has 1 saturated carbocycles. The maximum atomic E-state index is 12.9. The summed E-state index contributed by atoms with van der Waals surface area (Å²) in [5.41, 5.74) is 1.43. The van der Waals surface area contributed by atoms with Crippen molar-refractivity contribution < 1.29 is 4.79 Å². The van der Waals surface area contributed by atoms with Crippen molar-refractivity contribution >= 4 is 11.7 Å². The summed E-state index contributed by atoms with van der Waals surface area (Å²) < 4.78 is 0. The van der Waals surface area contributed by atoms with E-state index in [1.807, 2.05) is 36.4 Å². The fourth-order valence-corrected chi connectivity index (χ4v) is 4.06. The maximum Gasteiger partial charge on any atom is 0.270 e. The second kappa shape index (κ2) is 8.51. The van der Waals surface area contributed by atoms with Crippen molar-refractivity contribution in [2.45, 2.75) is 57.4 Å². The minimum Gasteiger partial charge on any atom is -0.356 e. The summed E-state index contributed by atoms with van der Waals surface area (Å²) >= 11 is 0. The number of benzene rings is 1. The van der Waals surface area contributed by atoms with Crippen LogP contribution in [0.15, 0.2) is 36.4 Å². The van der Waals surface area contributed by atoms with E-state index in [2.05, 4.69) is 15.2 Å². The zero-order chi connectivity index (χ0) is 18.5. The molecule has 142 valence electrons. The van der Waals surface area contributed by atoms with E-state index in [1.165, 1.54) is 38.5 Å². The molecular formula is C22H28N4O. The Morgan fingerprint density at radius 3 is 2.33 bits per heavy atom. The largest absolute Gasteiger partial charge is 0.356 e. The Morgan fingerprint density at radius 2 is 1.63 bits per heavy atom. The van der Waals surface area contributed by atoms with E-state index in [4.69, 9.17) is 4.98 Å². The molecule has 2 heterocycles. The Labute approximate surface area is 161 Å². The normalized spacial score (nSPS) is 18.3. The zero-order valence-corrected chi connectivity index (χ0v) is 15.9. The molecule has 0 unspecified atom stereocenters. The SMILES string of the molecule is O=C(NC1CCCC1)c1cc(N2CCCCCC2)nc(-c2ccccc2)n1. The summed E-state index contributed by atoms with van der Waals surface area (Å²) in [5, 5.41) is 3.17. The van der Waals surface area contributed by atoms with Gasteiger partial charge in [-0.25, -0.2) is 9.97 Å². The molecule has 1 aromatic carbocycles. The van der Waals surface area contributed by atoms with Crippen molar-refractivity contribution in [1.29, 1.82) is 0 Å². The summed E-state index contributed by atoms with van der Waals surface area (Å²) in [6.07, 6.45) is 9.42. The number of anilines is 1. The molecule has 0 radical (unpaired) electrons. The van der Waals surface area contributed by atoms with Gasteiger partial charge in [-0.1, -0.05) is 56.0 Å². The summed E-state index contributed by atoms with van der Waals surface area (Å²) in [4.78, 5) is 24.6. The van der Waals surface area contributed by atoms with Gasteiger partial charge in [0.15, 0.2) is 5.82 Å². The molecule has 4 rings (SSSR count). The van der Waals surface area contributed by atoms with Crippen LogP contribution in [0.3, 0.4) is 0 Å². The molecule has 2 aromatic rings. The molecule has 27 heavy (non-hydrogen) atoms. The lowest BCUT2D eigenvalue weighted by atomic mass is 10.2. The average molecular weight is 364 g/mol. The number of hydrogen-bond acceptors (Lipinski definition) is 4. The average Bonchev–Trinajstić information content (AvgIpc) is 3.07. The van der Waals surface area contributed by atoms with Crippen LogP contribution in [0.5, 0.6) is 0 Å². The first-order chi connectivity index (χ1) is 13.3. The summed E-state index contributed by atoms with van der Waals surface area (Å²) in [5.74, 6) is 1.44. The quantitative estimate of drug-likeness (QED) is 0.883. The van der Waals surface area contributed by atoms with Gasteiger partial charge in [-0.05, 0) is 25.7 Å². The van der Waals surface area contributed by atoms with Crippen molar-refractivity contribution in [3.05, 3.63) is 42.1 Å². The van der Waals surface area contributed by atoms with E-state index in [9.17, 15) is 4.79 Å². The Bertz CT molecular complexity index is 763. The third-order valence-electron chi connectivity index (χ3n) is 5.60. The monoisotopic (exact) mass is 364 g/mol. The van der Waals surface area contributed by atoms with Gasteiger partial charge in [0.05, 0.1) is 0 Å². The van der Waals surface area contributed by atoms with Crippen LogP contribution < -0.4 is 10.2 Å². The Balaban J connectivity index is 1.66. The molecule has 1 N–H and O–H groups in total. The lowest BCUT2D eigenvalue weighted by Gasteiger charge is -2.22. The third kappa shape index (κ3) is 4.46. The number of carbonyl (C=O) groups is 1. The fraction of sp³-hybridized carbons (Fsp3) is 0.500. The molecule has 0 atom stereocenters. The fourth-order valence-electron chi connectivity index (χ4n) is 4.06. The van der Waals surface area contributed by atoms with Gasteiger partial charge >= 0.3 is 0 Å². The molecule has 2 aliphatic rings. The predicted octanol–water partition coefficient (Wildman–Crippen LogP) is 4.20. The van der Waals surface area contributed by atoms with Crippen molar-refractivity contribution in [3.63, 3.8) is 0 Å². The summed E-state index contributed by atoms with van der Waals surface area (Å²) in [6, 6.07) is 12.1. The van der Waals surface area contributed by atoms with Crippen LogP contribution in [-0.2, 0) is 0 Å². The number of rotatable bonds is 4. The van der Waals surface area contributed by atoms with Crippen LogP contribution in [0.1, 0.15) is 61.9 Å². The number of aromatic nitrogens is 2. The van der Waals surface area contributed by atoms with Crippen molar-refractivity contribution in [2.24, 2.45) is 0 Å². The first-order valence-corrected chi connectivity index (χ1v) is 10.3. The molecule has 1 aliphatic heterocycles. The van der Waals surface area contributed by atoms with E-state index >= 15 is 0 Å². The van der Waals surface area contributed by atoms with Gasteiger partial charge in [0.2, 0.25) is 0 Å². The van der Waals surface area contributed by atoms with Crippen molar-refractivity contribution in [2.75, 3.05) is 18.0 Å². The van der Waals surface area contributed by atoms with Gasteiger partial charge in [-0.15, -0.1) is 0 Å². The van der Waals surface area contributed by atoms with Gasteiger partial charge in [-0.3, -0.25) is 4.79 Å². The first-order valence-electron chi connectivity index (χ1n) is 10.3. The molecule has 1 amide bonds. The van der Waals surface area contributed by atoms with Crippen molar-refractivity contribution in [3.8, 4) is 11.4 Å². The number of nitrogens with one attached hydrogen (secondary N) is 1. The second-order valence-electron chi connectivity index (χ2n) is 7.66. The van der Waals surface area contributed by atoms with Gasteiger partial charge in [0.25, 0.3) is 5.91 Å². The number of carbonyl (C=O) groups excluding carboxylic acids is 1. The lowest BCUT2D eigenvalue weighted by molar-refractivity contribution is 0.0933. The minimum atomic E-state index is -0.0717. The predicted molar refractivity (Wildman–Crippen MR) is 108 cm³/mol. The van der Waals surface area contributed by atoms with E-state index in [-0.39, 0.29) is 11.9 Å². The Morgan fingerprint density at radius 1 is 0.926 bits per heavy atom. The number of hydrogen-bond donors (Lipinski definition) is 1. The third-order valence-corrected chi connectivity index (χ3v) is 5.60. The van der Waals surface area contributed by atoms with Crippen LogP contribution >= 0.6 is 0 Å². The highest BCUT2D eigenvalue weighted by molar-refractivity contribution is 5.93. The molecule has 2 fully saturated rings. The topological polar surface area (TPSA) is 58.1 Å². The lowest BCUT2D eigenvalue weighted by Crippen LogP contribution is -2.34. The van der Waals surface area contributed by atoms with Crippen LogP contribution in [-0.4, -0.2) is 35.0 Å². The number of nitrogens with zero attached hydrogens (tertiary/aromatic N) is 3. The van der Waals surface area contributed by atoms with Gasteiger partial charge in [0, 0.05) is 30.8 Å². The summed E-state index contributed by atoms with van der Waals surface area (Å²) in [7, 11) is 0. The zero-order valence-electron chi connectivity index (χ0n) is 15.9.